The molecule has 0 bridgehead atoms. The Labute approximate surface area is 108 Å². The van der Waals surface area contributed by atoms with Crippen molar-refractivity contribution >= 4 is 5.82 Å². The molecule has 0 atom stereocenters. The lowest BCUT2D eigenvalue weighted by molar-refractivity contribution is 1.03. The lowest BCUT2D eigenvalue weighted by Crippen LogP contribution is -2.02. The van der Waals surface area contributed by atoms with Gasteiger partial charge in [-0.15, -0.1) is 0 Å². The van der Waals surface area contributed by atoms with Gasteiger partial charge in [0, 0.05) is 18.2 Å². The zero-order chi connectivity index (χ0) is 13.1. The summed E-state index contributed by atoms with van der Waals surface area (Å²) in [6.45, 7) is 6.14. The molecule has 0 radical (unpaired) electrons. The molecule has 0 aliphatic heterocycles. The third-order valence-electron chi connectivity index (χ3n) is 3.10. The van der Waals surface area contributed by atoms with Crippen LogP contribution in [0.2, 0.25) is 0 Å². The molecule has 1 N–H and O–H groups in total. The van der Waals surface area contributed by atoms with E-state index in [9.17, 15) is 0 Å². The molecule has 0 spiro atoms. The number of hydrogen-bond acceptors (Lipinski definition) is 3. The van der Waals surface area contributed by atoms with Crippen LogP contribution in [-0.2, 0) is 6.42 Å². The number of hydrogen-bond donors (Lipinski definition) is 1. The van der Waals surface area contributed by atoms with Crippen LogP contribution < -0.4 is 5.32 Å². The molecule has 94 valence electrons. The molecule has 0 amide bonds. The van der Waals surface area contributed by atoms with Crippen LogP contribution in [-0.4, -0.2) is 17.0 Å². The molecular weight excluding hydrogens is 222 g/mol. The van der Waals surface area contributed by atoms with E-state index in [0.717, 1.165) is 34.9 Å². The molecule has 0 fully saturated rings. The average Bonchev–Trinajstić information content (AvgIpc) is 2.41. The number of anilines is 1. The molecular formula is C15H19N3. The van der Waals surface area contributed by atoms with E-state index in [1.165, 1.54) is 5.56 Å². The van der Waals surface area contributed by atoms with E-state index in [0.29, 0.717) is 0 Å². The molecule has 0 saturated carbocycles. The fourth-order valence-electron chi connectivity index (χ4n) is 2.09. The normalized spacial score (nSPS) is 10.4. The van der Waals surface area contributed by atoms with Crippen molar-refractivity contribution < 1.29 is 0 Å². The number of nitrogens with zero attached hydrogens (tertiary/aromatic N) is 2. The summed E-state index contributed by atoms with van der Waals surface area (Å²) >= 11 is 0. The van der Waals surface area contributed by atoms with Crippen molar-refractivity contribution in [1.82, 2.24) is 9.97 Å². The van der Waals surface area contributed by atoms with Crippen LogP contribution in [0.4, 0.5) is 5.82 Å². The topological polar surface area (TPSA) is 37.8 Å². The van der Waals surface area contributed by atoms with Gasteiger partial charge in [0.1, 0.15) is 11.6 Å². The maximum Gasteiger partial charge on any atom is 0.132 e. The predicted octanol–water partition coefficient (Wildman–Crippen LogP) is 3.36. The van der Waals surface area contributed by atoms with E-state index in [-0.39, 0.29) is 0 Å². The Balaban J connectivity index is 2.59. The van der Waals surface area contributed by atoms with Gasteiger partial charge in [0.05, 0.1) is 5.69 Å². The van der Waals surface area contributed by atoms with Crippen molar-refractivity contribution in [2.45, 2.75) is 27.2 Å². The lowest BCUT2D eigenvalue weighted by atomic mass is 10.0. The van der Waals surface area contributed by atoms with Crippen molar-refractivity contribution in [1.29, 1.82) is 0 Å². The first kappa shape index (κ1) is 12.6. The van der Waals surface area contributed by atoms with Gasteiger partial charge in [0.15, 0.2) is 0 Å². The Morgan fingerprint density at radius 1 is 1.17 bits per heavy atom. The van der Waals surface area contributed by atoms with Gasteiger partial charge in [0.2, 0.25) is 0 Å². The first-order valence-electron chi connectivity index (χ1n) is 6.28. The summed E-state index contributed by atoms with van der Waals surface area (Å²) < 4.78 is 0. The Kier molecular flexibility index (Phi) is 3.60. The summed E-state index contributed by atoms with van der Waals surface area (Å²) in [6, 6.07) is 8.54. The number of benzene rings is 1. The van der Waals surface area contributed by atoms with Crippen LogP contribution in [0.25, 0.3) is 11.3 Å². The van der Waals surface area contributed by atoms with E-state index >= 15 is 0 Å². The summed E-state index contributed by atoms with van der Waals surface area (Å²) in [5.41, 5.74) is 4.60. The minimum absolute atomic E-state index is 0.793. The highest BCUT2D eigenvalue weighted by Gasteiger charge is 2.10. The summed E-state index contributed by atoms with van der Waals surface area (Å²) in [4.78, 5) is 8.97. The third kappa shape index (κ3) is 2.35. The van der Waals surface area contributed by atoms with Gasteiger partial charge < -0.3 is 5.32 Å². The first-order chi connectivity index (χ1) is 8.65. The SMILES string of the molecule is CCc1cccc(-c2nc(C)nc(NC)c2C)c1. The van der Waals surface area contributed by atoms with E-state index in [2.05, 4.69) is 53.4 Å². The number of nitrogens with one attached hydrogen (secondary N) is 1. The van der Waals surface area contributed by atoms with Gasteiger partial charge in [-0.25, -0.2) is 9.97 Å². The molecule has 0 aliphatic carbocycles. The molecule has 2 aromatic rings. The Morgan fingerprint density at radius 2 is 1.94 bits per heavy atom. The quantitative estimate of drug-likeness (QED) is 0.895. The van der Waals surface area contributed by atoms with Crippen LogP contribution in [0.3, 0.4) is 0 Å². The molecule has 3 heteroatoms. The Hall–Kier alpha value is -1.90. The summed E-state index contributed by atoms with van der Waals surface area (Å²) in [6.07, 6.45) is 1.04. The number of aromatic nitrogens is 2. The fourth-order valence-corrected chi connectivity index (χ4v) is 2.09. The second-order valence-electron chi connectivity index (χ2n) is 4.40. The zero-order valence-corrected chi connectivity index (χ0v) is 11.4. The molecule has 3 nitrogen and oxygen atoms in total. The third-order valence-corrected chi connectivity index (χ3v) is 3.10. The van der Waals surface area contributed by atoms with Crippen LogP contribution in [0.15, 0.2) is 24.3 Å². The maximum atomic E-state index is 4.58. The van der Waals surface area contributed by atoms with Crippen LogP contribution >= 0.6 is 0 Å². The molecule has 1 heterocycles. The van der Waals surface area contributed by atoms with E-state index in [1.807, 2.05) is 14.0 Å². The molecule has 1 aromatic carbocycles. The minimum Gasteiger partial charge on any atom is -0.373 e. The lowest BCUT2D eigenvalue weighted by Gasteiger charge is -2.11. The Morgan fingerprint density at radius 3 is 2.61 bits per heavy atom. The monoisotopic (exact) mass is 241 g/mol. The van der Waals surface area contributed by atoms with Crippen molar-refractivity contribution in [2.75, 3.05) is 12.4 Å². The highest BCUT2D eigenvalue weighted by atomic mass is 15.0. The van der Waals surface area contributed by atoms with Crippen molar-refractivity contribution in [3.63, 3.8) is 0 Å². The standard InChI is InChI=1S/C15H19N3/c1-5-12-7-6-8-13(9-12)14-10(2)15(16-4)18-11(3)17-14/h6-9H,5H2,1-4H3,(H,16,17,18). The highest BCUT2D eigenvalue weighted by Crippen LogP contribution is 2.26. The van der Waals surface area contributed by atoms with Crippen molar-refractivity contribution in [3.8, 4) is 11.3 Å². The minimum atomic E-state index is 0.793. The second-order valence-corrected chi connectivity index (χ2v) is 4.40. The second kappa shape index (κ2) is 5.17. The summed E-state index contributed by atoms with van der Waals surface area (Å²) in [7, 11) is 1.89. The number of aryl methyl sites for hydroxylation is 2. The highest BCUT2D eigenvalue weighted by molar-refractivity contribution is 5.68. The van der Waals surface area contributed by atoms with Crippen LogP contribution in [0.1, 0.15) is 23.9 Å². The summed E-state index contributed by atoms with van der Waals surface area (Å²) in [5.74, 6) is 1.70. The molecule has 0 unspecified atom stereocenters. The smallest absolute Gasteiger partial charge is 0.132 e. The van der Waals surface area contributed by atoms with Gasteiger partial charge >= 0.3 is 0 Å². The van der Waals surface area contributed by atoms with Crippen molar-refractivity contribution in [2.24, 2.45) is 0 Å². The number of rotatable bonds is 3. The molecule has 0 saturated heterocycles. The Bertz CT molecular complexity index is 562. The largest absolute Gasteiger partial charge is 0.373 e. The van der Waals surface area contributed by atoms with E-state index < -0.39 is 0 Å². The molecule has 18 heavy (non-hydrogen) atoms. The maximum absolute atomic E-state index is 4.58. The average molecular weight is 241 g/mol. The molecule has 1 aromatic heterocycles. The van der Waals surface area contributed by atoms with Gasteiger partial charge in [-0.2, -0.15) is 0 Å². The predicted molar refractivity (Wildman–Crippen MR) is 75.9 cm³/mol. The van der Waals surface area contributed by atoms with Crippen LogP contribution in [0.5, 0.6) is 0 Å². The molecule has 2 rings (SSSR count). The summed E-state index contributed by atoms with van der Waals surface area (Å²) in [5, 5.41) is 3.12. The zero-order valence-electron chi connectivity index (χ0n) is 11.4. The molecule has 0 aliphatic rings. The first-order valence-corrected chi connectivity index (χ1v) is 6.28. The van der Waals surface area contributed by atoms with Crippen LogP contribution in [0, 0.1) is 13.8 Å². The van der Waals surface area contributed by atoms with Gasteiger partial charge in [-0.1, -0.05) is 25.1 Å². The van der Waals surface area contributed by atoms with E-state index in [4.69, 9.17) is 0 Å². The van der Waals surface area contributed by atoms with E-state index in [1.54, 1.807) is 0 Å². The van der Waals surface area contributed by atoms with Crippen molar-refractivity contribution in [3.05, 3.63) is 41.2 Å². The van der Waals surface area contributed by atoms with Gasteiger partial charge in [-0.3, -0.25) is 0 Å². The van der Waals surface area contributed by atoms with Gasteiger partial charge in [-0.05, 0) is 31.9 Å². The fraction of sp³-hybridized carbons (Fsp3) is 0.333. The van der Waals surface area contributed by atoms with Gasteiger partial charge in [0.25, 0.3) is 0 Å².